The fourth-order valence-corrected chi connectivity index (χ4v) is 3.37. The molecule has 5 N–H and O–H groups in total. The van der Waals surface area contributed by atoms with Crippen LogP contribution in [0.5, 0.6) is 0 Å². The molecule has 0 aliphatic carbocycles. The van der Waals surface area contributed by atoms with E-state index >= 15 is 0 Å². The van der Waals surface area contributed by atoms with E-state index in [1.165, 1.54) is 4.90 Å². The summed E-state index contributed by atoms with van der Waals surface area (Å²) in [5.41, 5.74) is 6.00. The standard InChI is InChI=1S/C25H40N4O6/c1-6-7-14-27-22(32)21(18-10-8-17(2)9-11-18)29(15-16-30)23(33)19(12-13-20(26)31)28-24(34)35-25(3,4)5/h8-11,19,21,30H,6-7,12-16H2,1-5H3,(H2,26,31)(H,27,32)(H,28,34). The minimum absolute atomic E-state index is 0.0899. The zero-order valence-corrected chi connectivity index (χ0v) is 21.4. The van der Waals surface area contributed by atoms with Gasteiger partial charge in [0, 0.05) is 19.5 Å². The van der Waals surface area contributed by atoms with Crippen molar-refractivity contribution in [3.63, 3.8) is 0 Å². The van der Waals surface area contributed by atoms with E-state index < -0.39 is 48.1 Å². The molecule has 10 heteroatoms. The number of carbonyl (C=O) groups is 4. The second-order valence-electron chi connectivity index (χ2n) is 9.42. The normalized spacial score (nSPS) is 12.9. The molecule has 0 bridgehead atoms. The van der Waals surface area contributed by atoms with Crippen LogP contribution in [0.1, 0.15) is 70.5 Å². The first-order valence-electron chi connectivity index (χ1n) is 11.9. The molecule has 0 radical (unpaired) electrons. The van der Waals surface area contributed by atoms with Gasteiger partial charge < -0.3 is 31.1 Å². The van der Waals surface area contributed by atoms with Gasteiger partial charge in [-0.15, -0.1) is 0 Å². The number of rotatable bonds is 13. The number of hydrogen-bond acceptors (Lipinski definition) is 6. The molecule has 0 aromatic heterocycles. The summed E-state index contributed by atoms with van der Waals surface area (Å²) in [5, 5.41) is 15.1. The van der Waals surface area contributed by atoms with Gasteiger partial charge in [0.25, 0.3) is 0 Å². The molecule has 2 unspecified atom stereocenters. The SMILES string of the molecule is CCCCNC(=O)C(c1ccc(C)cc1)N(CCO)C(=O)C(CCC(N)=O)NC(=O)OC(C)(C)C. The number of ether oxygens (including phenoxy) is 1. The molecule has 4 amide bonds. The van der Waals surface area contributed by atoms with Gasteiger partial charge >= 0.3 is 6.09 Å². The summed E-state index contributed by atoms with van der Waals surface area (Å²) in [4.78, 5) is 52.0. The van der Waals surface area contributed by atoms with E-state index in [2.05, 4.69) is 10.6 Å². The quantitative estimate of drug-likeness (QED) is 0.309. The Morgan fingerprint density at radius 1 is 1.14 bits per heavy atom. The highest BCUT2D eigenvalue weighted by atomic mass is 16.6. The Balaban J connectivity index is 3.36. The van der Waals surface area contributed by atoms with Gasteiger partial charge in [0.15, 0.2) is 0 Å². The number of aliphatic hydroxyl groups is 1. The van der Waals surface area contributed by atoms with Gasteiger partial charge in [0.1, 0.15) is 17.7 Å². The second kappa shape index (κ2) is 14.3. The Morgan fingerprint density at radius 3 is 2.29 bits per heavy atom. The van der Waals surface area contributed by atoms with Crippen LogP contribution in [0.3, 0.4) is 0 Å². The van der Waals surface area contributed by atoms with Crippen LogP contribution in [-0.2, 0) is 19.1 Å². The number of carbonyl (C=O) groups excluding carboxylic acids is 4. The maximum atomic E-state index is 13.7. The fraction of sp³-hybridized carbons (Fsp3) is 0.600. The van der Waals surface area contributed by atoms with Crippen LogP contribution in [0.2, 0.25) is 0 Å². The third-order valence-electron chi connectivity index (χ3n) is 5.08. The molecule has 10 nitrogen and oxygen atoms in total. The van der Waals surface area contributed by atoms with E-state index in [1.807, 2.05) is 26.0 Å². The third kappa shape index (κ3) is 10.8. The highest BCUT2D eigenvalue weighted by Crippen LogP contribution is 2.24. The Bertz CT molecular complexity index is 851. The lowest BCUT2D eigenvalue weighted by Crippen LogP contribution is -2.54. The van der Waals surface area contributed by atoms with Crippen LogP contribution < -0.4 is 16.4 Å². The molecule has 0 heterocycles. The molecule has 1 aromatic rings. The molecule has 0 spiro atoms. The molecule has 0 saturated heterocycles. The van der Waals surface area contributed by atoms with Crippen LogP contribution in [0, 0.1) is 6.92 Å². The number of benzene rings is 1. The number of nitrogens with one attached hydrogen (secondary N) is 2. The van der Waals surface area contributed by atoms with E-state index in [1.54, 1.807) is 32.9 Å². The average Bonchev–Trinajstić information content (AvgIpc) is 2.76. The summed E-state index contributed by atoms with van der Waals surface area (Å²) >= 11 is 0. The Morgan fingerprint density at radius 2 is 1.77 bits per heavy atom. The number of nitrogens with two attached hydrogens (primary N) is 1. The van der Waals surface area contributed by atoms with E-state index in [0.29, 0.717) is 12.1 Å². The summed E-state index contributed by atoms with van der Waals surface area (Å²) in [6, 6.07) is 4.90. The van der Waals surface area contributed by atoms with Crippen molar-refractivity contribution < 1.29 is 29.0 Å². The minimum atomic E-state index is -1.19. The van der Waals surface area contributed by atoms with Crippen molar-refractivity contribution in [1.29, 1.82) is 0 Å². The Hall–Kier alpha value is -3.14. The van der Waals surface area contributed by atoms with Crippen molar-refractivity contribution >= 4 is 23.8 Å². The van der Waals surface area contributed by atoms with Crippen molar-refractivity contribution in [2.75, 3.05) is 19.7 Å². The first-order chi connectivity index (χ1) is 16.4. The van der Waals surface area contributed by atoms with Gasteiger partial charge in [-0.2, -0.15) is 0 Å². The van der Waals surface area contributed by atoms with Crippen molar-refractivity contribution in [3.05, 3.63) is 35.4 Å². The molecule has 0 saturated carbocycles. The zero-order chi connectivity index (χ0) is 26.6. The van der Waals surface area contributed by atoms with Gasteiger partial charge in [-0.05, 0) is 46.1 Å². The third-order valence-corrected chi connectivity index (χ3v) is 5.08. The predicted molar refractivity (Wildman–Crippen MR) is 132 cm³/mol. The summed E-state index contributed by atoms with van der Waals surface area (Å²) in [7, 11) is 0. The molecular weight excluding hydrogens is 452 g/mol. The zero-order valence-electron chi connectivity index (χ0n) is 21.4. The number of alkyl carbamates (subject to hydrolysis) is 1. The van der Waals surface area contributed by atoms with Gasteiger partial charge in [0.05, 0.1) is 6.61 Å². The lowest BCUT2D eigenvalue weighted by atomic mass is 10.0. The summed E-state index contributed by atoms with van der Waals surface area (Å²) < 4.78 is 5.27. The van der Waals surface area contributed by atoms with E-state index in [0.717, 1.165) is 18.4 Å². The first-order valence-corrected chi connectivity index (χ1v) is 11.9. The monoisotopic (exact) mass is 492 g/mol. The van der Waals surface area contributed by atoms with Crippen LogP contribution in [0.15, 0.2) is 24.3 Å². The molecule has 2 atom stereocenters. The average molecular weight is 493 g/mol. The number of amides is 4. The summed E-state index contributed by atoms with van der Waals surface area (Å²) in [6.45, 7) is 8.79. The highest BCUT2D eigenvalue weighted by molar-refractivity contribution is 5.92. The number of aryl methyl sites for hydroxylation is 1. The van der Waals surface area contributed by atoms with Crippen LogP contribution in [-0.4, -0.2) is 65.2 Å². The maximum Gasteiger partial charge on any atom is 0.408 e. The smallest absolute Gasteiger partial charge is 0.408 e. The van der Waals surface area contributed by atoms with Crippen LogP contribution in [0.25, 0.3) is 0 Å². The van der Waals surface area contributed by atoms with Gasteiger partial charge in [-0.3, -0.25) is 14.4 Å². The minimum Gasteiger partial charge on any atom is -0.444 e. The van der Waals surface area contributed by atoms with E-state index in [4.69, 9.17) is 10.5 Å². The van der Waals surface area contributed by atoms with Gasteiger partial charge in [-0.1, -0.05) is 43.2 Å². The van der Waals surface area contributed by atoms with E-state index in [9.17, 15) is 24.3 Å². The molecule has 0 fully saturated rings. The lowest BCUT2D eigenvalue weighted by molar-refractivity contribution is -0.143. The van der Waals surface area contributed by atoms with Crippen molar-refractivity contribution in [3.8, 4) is 0 Å². The first kappa shape index (κ1) is 29.9. The molecule has 1 aromatic carbocycles. The fourth-order valence-electron chi connectivity index (χ4n) is 3.37. The van der Waals surface area contributed by atoms with Crippen molar-refractivity contribution in [2.45, 2.75) is 78.0 Å². The van der Waals surface area contributed by atoms with Crippen LogP contribution >= 0.6 is 0 Å². The molecule has 35 heavy (non-hydrogen) atoms. The van der Waals surface area contributed by atoms with Crippen molar-refractivity contribution in [2.24, 2.45) is 5.73 Å². The van der Waals surface area contributed by atoms with Gasteiger partial charge in [-0.25, -0.2) is 4.79 Å². The van der Waals surface area contributed by atoms with E-state index in [-0.39, 0.29) is 19.4 Å². The molecule has 1 rings (SSSR count). The van der Waals surface area contributed by atoms with Gasteiger partial charge in [0.2, 0.25) is 17.7 Å². The maximum absolute atomic E-state index is 13.7. The molecule has 0 aliphatic rings. The predicted octanol–water partition coefficient (Wildman–Crippen LogP) is 1.93. The number of hydrogen-bond donors (Lipinski definition) is 4. The molecule has 196 valence electrons. The molecular formula is C25H40N4O6. The summed E-state index contributed by atoms with van der Waals surface area (Å²) in [6.07, 6.45) is 0.541. The Labute approximate surface area is 207 Å². The largest absolute Gasteiger partial charge is 0.444 e. The Kier molecular flexibility index (Phi) is 12.2. The number of primary amides is 1. The molecule has 0 aliphatic heterocycles. The number of aliphatic hydroxyl groups excluding tert-OH is 1. The lowest BCUT2D eigenvalue weighted by Gasteiger charge is -2.34. The topological polar surface area (TPSA) is 151 Å². The van der Waals surface area contributed by atoms with Crippen molar-refractivity contribution in [1.82, 2.24) is 15.5 Å². The number of unbranched alkanes of at least 4 members (excludes halogenated alkanes) is 1. The van der Waals surface area contributed by atoms with Crippen LogP contribution in [0.4, 0.5) is 4.79 Å². The highest BCUT2D eigenvalue weighted by Gasteiger charge is 2.36. The summed E-state index contributed by atoms with van der Waals surface area (Å²) in [5.74, 6) is -1.69. The second-order valence-corrected chi connectivity index (χ2v) is 9.42. The number of nitrogens with zero attached hydrogens (tertiary/aromatic N) is 1.